The molecule has 1 saturated heterocycles. The Bertz CT molecular complexity index is 989. The minimum Gasteiger partial charge on any atom is -0.340 e. The molecular weight excluding hydrogens is 367 g/mol. The molecule has 1 amide bonds. The molecule has 4 rings (SSSR count). The van der Waals surface area contributed by atoms with Gasteiger partial charge < -0.3 is 10.2 Å². The number of halogens is 1. The van der Waals surface area contributed by atoms with E-state index in [4.69, 9.17) is 0 Å². The highest BCUT2D eigenvalue weighted by atomic mass is 19.1. The lowest BCUT2D eigenvalue weighted by molar-refractivity contribution is -0.120. The molecule has 29 heavy (non-hydrogen) atoms. The van der Waals surface area contributed by atoms with E-state index < -0.39 is 0 Å². The molecule has 5 nitrogen and oxygen atoms in total. The highest BCUT2D eigenvalue weighted by Gasteiger charge is 2.27. The van der Waals surface area contributed by atoms with Crippen molar-refractivity contribution in [1.82, 2.24) is 9.97 Å². The third kappa shape index (κ3) is 4.59. The Hall–Kier alpha value is -3.28. The molecule has 0 unspecified atom stereocenters. The van der Waals surface area contributed by atoms with Crippen LogP contribution in [-0.4, -0.2) is 29.0 Å². The average molecular weight is 390 g/mol. The fourth-order valence-corrected chi connectivity index (χ4v) is 3.56. The van der Waals surface area contributed by atoms with Crippen LogP contribution in [0.4, 0.5) is 16.0 Å². The lowest BCUT2D eigenvalue weighted by Crippen LogP contribution is -2.41. The second-order valence-electron chi connectivity index (χ2n) is 7.42. The zero-order valence-electron chi connectivity index (χ0n) is 16.3. The van der Waals surface area contributed by atoms with Crippen LogP contribution >= 0.6 is 0 Å². The van der Waals surface area contributed by atoms with Crippen LogP contribution in [0, 0.1) is 18.7 Å². The van der Waals surface area contributed by atoms with Gasteiger partial charge in [0.2, 0.25) is 11.9 Å². The molecule has 1 aliphatic heterocycles. The molecular formula is C23H23FN4O. The Morgan fingerprint density at radius 1 is 1.10 bits per heavy atom. The topological polar surface area (TPSA) is 58.1 Å². The first kappa shape index (κ1) is 19.1. The van der Waals surface area contributed by atoms with Gasteiger partial charge in [0.15, 0.2) is 0 Å². The monoisotopic (exact) mass is 390 g/mol. The van der Waals surface area contributed by atoms with E-state index in [9.17, 15) is 9.18 Å². The van der Waals surface area contributed by atoms with Crippen molar-refractivity contribution in [3.05, 3.63) is 72.3 Å². The first-order chi connectivity index (χ1) is 14.1. The Kier molecular flexibility index (Phi) is 5.51. The van der Waals surface area contributed by atoms with Gasteiger partial charge in [0.1, 0.15) is 5.82 Å². The number of hydrogen-bond acceptors (Lipinski definition) is 4. The van der Waals surface area contributed by atoms with Gasteiger partial charge in [-0.1, -0.05) is 29.8 Å². The lowest BCUT2D eigenvalue weighted by atomic mass is 9.97. The van der Waals surface area contributed by atoms with Crippen LogP contribution in [0.5, 0.6) is 0 Å². The summed E-state index contributed by atoms with van der Waals surface area (Å²) in [5, 5.41) is 3.00. The van der Waals surface area contributed by atoms with Crippen LogP contribution in [0.15, 0.2) is 60.9 Å². The third-order valence-electron chi connectivity index (χ3n) is 5.19. The second kappa shape index (κ2) is 8.39. The molecule has 0 bridgehead atoms. The number of nitrogens with one attached hydrogen (secondary N) is 1. The number of carbonyl (C=O) groups excluding carboxylic acids is 1. The van der Waals surface area contributed by atoms with E-state index in [1.165, 1.54) is 12.1 Å². The van der Waals surface area contributed by atoms with Gasteiger partial charge in [-0.25, -0.2) is 14.4 Å². The summed E-state index contributed by atoms with van der Waals surface area (Å²) in [7, 11) is 0. The molecule has 0 spiro atoms. The van der Waals surface area contributed by atoms with Crippen molar-refractivity contribution in [2.75, 3.05) is 23.3 Å². The molecule has 0 aliphatic carbocycles. The number of nitrogens with zero attached hydrogens (tertiary/aromatic N) is 3. The maximum absolute atomic E-state index is 13.4. The Balaban J connectivity index is 1.42. The van der Waals surface area contributed by atoms with Crippen molar-refractivity contribution in [2.24, 2.45) is 5.92 Å². The van der Waals surface area contributed by atoms with Crippen molar-refractivity contribution in [3.8, 4) is 11.1 Å². The zero-order chi connectivity index (χ0) is 20.2. The number of piperidine rings is 1. The number of hydrogen-bond donors (Lipinski definition) is 1. The van der Waals surface area contributed by atoms with Crippen LogP contribution in [0.2, 0.25) is 0 Å². The molecule has 1 aliphatic rings. The lowest BCUT2D eigenvalue weighted by Gasteiger charge is -2.32. The number of benzene rings is 2. The smallest absolute Gasteiger partial charge is 0.229 e. The fraction of sp³-hybridized carbons (Fsp3) is 0.261. The van der Waals surface area contributed by atoms with Crippen molar-refractivity contribution >= 4 is 17.5 Å². The largest absolute Gasteiger partial charge is 0.340 e. The van der Waals surface area contributed by atoms with Crippen LogP contribution in [-0.2, 0) is 4.79 Å². The van der Waals surface area contributed by atoms with Crippen molar-refractivity contribution in [1.29, 1.82) is 0 Å². The van der Waals surface area contributed by atoms with Crippen LogP contribution in [0.3, 0.4) is 0 Å². The molecule has 0 saturated carbocycles. The van der Waals surface area contributed by atoms with E-state index in [1.807, 2.05) is 42.2 Å². The normalized spacial score (nSPS) is 16.5. The van der Waals surface area contributed by atoms with Gasteiger partial charge in [-0.05, 0) is 49.6 Å². The van der Waals surface area contributed by atoms with E-state index in [1.54, 1.807) is 18.5 Å². The highest BCUT2D eigenvalue weighted by molar-refractivity contribution is 5.93. The number of aromatic nitrogens is 2. The van der Waals surface area contributed by atoms with Gasteiger partial charge in [0.05, 0.1) is 5.92 Å². The molecule has 1 fully saturated rings. The number of amides is 1. The molecule has 1 N–H and O–H groups in total. The summed E-state index contributed by atoms with van der Waals surface area (Å²) >= 11 is 0. The van der Waals surface area contributed by atoms with Crippen molar-refractivity contribution < 1.29 is 9.18 Å². The van der Waals surface area contributed by atoms with Gasteiger partial charge in [-0.3, -0.25) is 4.79 Å². The van der Waals surface area contributed by atoms with Gasteiger partial charge in [-0.15, -0.1) is 0 Å². The Morgan fingerprint density at radius 2 is 1.86 bits per heavy atom. The maximum atomic E-state index is 13.4. The predicted octanol–water partition coefficient (Wildman–Crippen LogP) is 4.45. The standard InChI is InChI=1S/C23H23FN4O/c1-16-7-9-21(10-8-16)27-22(29)18-5-3-11-28(15-18)23-25-13-19(14-26-23)17-4-2-6-20(24)12-17/h2,4,6-10,12-14,18H,3,5,11,15H2,1H3,(H,27,29)/t18-/m0/s1. The minimum atomic E-state index is -0.287. The van der Waals surface area contributed by atoms with E-state index in [2.05, 4.69) is 15.3 Å². The first-order valence-electron chi connectivity index (χ1n) is 9.79. The summed E-state index contributed by atoms with van der Waals surface area (Å²) < 4.78 is 13.4. The fourth-order valence-electron chi connectivity index (χ4n) is 3.56. The van der Waals surface area contributed by atoms with E-state index in [0.717, 1.165) is 41.8 Å². The van der Waals surface area contributed by atoms with Crippen LogP contribution in [0.1, 0.15) is 18.4 Å². The molecule has 148 valence electrons. The zero-order valence-corrected chi connectivity index (χ0v) is 16.3. The maximum Gasteiger partial charge on any atom is 0.229 e. The summed E-state index contributed by atoms with van der Waals surface area (Å²) in [4.78, 5) is 23.6. The van der Waals surface area contributed by atoms with Gasteiger partial charge in [0.25, 0.3) is 0 Å². The summed E-state index contributed by atoms with van der Waals surface area (Å²) in [5.74, 6) is 0.217. The van der Waals surface area contributed by atoms with E-state index in [-0.39, 0.29) is 17.6 Å². The number of aryl methyl sites for hydroxylation is 1. The molecule has 1 atom stereocenters. The van der Waals surface area contributed by atoms with Crippen LogP contribution in [0.25, 0.3) is 11.1 Å². The van der Waals surface area contributed by atoms with Gasteiger partial charge in [-0.2, -0.15) is 0 Å². The van der Waals surface area contributed by atoms with Crippen molar-refractivity contribution in [3.63, 3.8) is 0 Å². The molecule has 6 heteroatoms. The summed E-state index contributed by atoms with van der Waals surface area (Å²) in [6, 6.07) is 14.2. The number of rotatable bonds is 4. The molecule has 0 radical (unpaired) electrons. The summed E-state index contributed by atoms with van der Waals surface area (Å²) in [6.07, 6.45) is 5.15. The van der Waals surface area contributed by atoms with Gasteiger partial charge in [0, 0.05) is 36.7 Å². The second-order valence-corrected chi connectivity index (χ2v) is 7.42. The third-order valence-corrected chi connectivity index (χ3v) is 5.19. The SMILES string of the molecule is Cc1ccc(NC(=O)[C@H]2CCCN(c3ncc(-c4cccc(F)c4)cn3)C2)cc1. The van der Waals surface area contributed by atoms with Crippen LogP contribution < -0.4 is 10.2 Å². The molecule has 2 aromatic carbocycles. The summed E-state index contributed by atoms with van der Waals surface area (Å²) in [5.41, 5.74) is 3.48. The Morgan fingerprint density at radius 3 is 2.59 bits per heavy atom. The molecule has 3 aromatic rings. The predicted molar refractivity (Wildman–Crippen MR) is 112 cm³/mol. The number of anilines is 2. The molecule has 2 heterocycles. The van der Waals surface area contributed by atoms with E-state index >= 15 is 0 Å². The number of carbonyl (C=O) groups is 1. The minimum absolute atomic E-state index is 0.0231. The van der Waals surface area contributed by atoms with Crippen molar-refractivity contribution in [2.45, 2.75) is 19.8 Å². The van der Waals surface area contributed by atoms with E-state index in [0.29, 0.717) is 12.5 Å². The van der Waals surface area contributed by atoms with Gasteiger partial charge >= 0.3 is 0 Å². The summed E-state index contributed by atoms with van der Waals surface area (Å²) in [6.45, 7) is 3.41. The quantitative estimate of drug-likeness (QED) is 0.715. The average Bonchev–Trinajstić information content (AvgIpc) is 2.75. The Labute approximate surface area is 169 Å². The first-order valence-corrected chi connectivity index (χ1v) is 9.79. The highest BCUT2D eigenvalue weighted by Crippen LogP contribution is 2.24. The molecule has 1 aromatic heterocycles.